The van der Waals surface area contributed by atoms with Crippen molar-refractivity contribution in [3.8, 4) is 0 Å². The molecule has 3 nitrogen and oxygen atoms in total. The molecule has 0 aromatic heterocycles. The predicted molar refractivity (Wildman–Crippen MR) is 83.0 cm³/mol. The summed E-state index contributed by atoms with van der Waals surface area (Å²) < 4.78 is 14.1. The van der Waals surface area contributed by atoms with Crippen LogP contribution in [-0.2, 0) is 0 Å². The van der Waals surface area contributed by atoms with Gasteiger partial charge in [-0.05, 0) is 71.4 Å². The minimum absolute atomic E-state index is 0.0756. The maximum Gasteiger partial charge on any atom is 0.257 e. The Balaban J connectivity index is 2.23. The summed E-state index contributed by atoms with van der Waals surface area (Å²) in [7, 11) is 2.09. The van der Waals surface area contributed by atoms with Crippen LogP contribution >= 0.6 is 0 Å². The average molecular weight is 292 g/mol. The third kappa shape index (κ3) is 3.62. The van der Waals surface area contributed by atoms with Gasteiger partial charge in [0.25, 0.3) is 5.91 Å². The van der Waals surface area contributed by atoms with Crippen molar-refractivity contribution in [1.82, 2.24) is 9.80 Å². The molecular formula is C17H25FN2O. The summed E-state index contributed by atoms with van der Waals surface area (Å²) >= 11 is 0. The smallest absolute Gasteiger partial charge is 0.257 e. The van der Waals surface area contributed by atoms with Crippen LogP contribution in [-0.4, -0.2) is 47.9 Å². The lowest BCUT2D eigenvalue weighted by atomic mass is 10.00. The molecule has 21 heavy (non-hydrogen) atoms. The Kier molecular flexibility index (Phi) is 4.99. The maximum atomic E-state index is 14.1. The van der Waals surface area contributed by atoms with Crippen molar-refractivity contribution < 1.29 is 9.18 Å². The van der Waals surface area contributed by atoms with E-state index in [1.165, 1.54) is 6.07 Å². The first-order valence-corrected chi connectivity index (χ1v) is 7.67. The van der Waals surface area contributed by atoms with Crippen molar-refractivity contribution in [2.45, 2.75) is 45.7 Å². The molecule has 1 aromatic rings. The van der Waals surface area contributed by atoms with Crippen LogP contribution in [0.2, 0.25) is 0 Å². The fourth-order valence-electron chi connectivity index (χ4n) is 3.03. The Labute approximate surface area is 126 Å². The Hall–Kier alpha value is -1.42. The van der Waals surface area contributed by atoms with E-state index >= 15 is 0 Å². The van der Waals surface area contributed by atoms with Crippen molar-refractivity contribution in [3.63, 3.8) is 0 Å². The van der Waals surface area contributed by atoms with Gasteiger partial charge in [-0.25, -0.2) is 4.39 Å². The Morgan fingerprint density at radius 3 is 2.48 bits per heavy atom. The molecule has 1 fully saturated rings. The average Bonchev–Trinajstić information content (AvgIpc) is 2.40. The number of nitrogens with zero attached hydrogens (tertiary/aromatic N) is 2. The number of hydrogen-bond acceptors (Lipinski definition) is 2. The van der Waals surface area contributed by atoms with E-state index in [4.69, 9.17) is 0 Å². The molecule has 0 aliphatic carbocycles. The van der Waals surface area contributed by atoms with Gasteiger partial charge >= 0.3 is 0 Å². The van der Waals surface area contributed by atoms with Crippen LogP contribution in [0.1, 0.15) is 42.6 Å². The van der Waals surface area contributed by atoms with E-state index in [9.17, 15) is 9.18 Å². The monoisotopic (exact) mass is 292 g/mol. The predicted octanol–water partition coefficient (Wildman–Crippen LogP) is 3.08. The molecule has 0 spiro atoms. The number of piperidine rings is 1. The van der Waals surface area contributed by atoms with Crippen LogP contribution < -0.4 is 0 Å². The number of carbonyl (C=O) groups excluding carboxylic acids is 1. The zero-order valence-electron chi connectivity index (χ0n) is 13.4. The minimum atomic E-state index is -0.418. The van der Waals surface area contributed by atoms with E-state index in [1.807, 2.05) is 25.7 Å². The molecule has 0 N–H and O–H groups in total. The SMILES string of the molecule is Cc1ccc(C(=O)N(C(C)C)C2CCN(C)CC2)c(F)c1. The van der Waals surface area contributed by atoms with Crippen LogP contribution in [0.25, 0.3) is 0 Å². The highest BCUT2D eigenvalue weighted by Gasteiger charge is 2.30. The normalized spacial score (nSPS) is 17.2. The molecule has 0 radical (unpaired) electrons. The third-order valence-corrected chi connectivity index (χ3v) is 4.23. The first kappa shape index (κ1) is 16.0. The number of rotatable bonds is 3. The lowest BCUT2D eigenvalue weighted by Gasteiger charge is -2.39. The van der Waals surface area contributed by atoms with Crippen molar-refractivity contribution in [2.75, 3.05) is 20.1 Å². The summed E-state index contributed by atoms with van der Waals surface area (Å²) in [6.45, 7) is 7.80. The van der Waals surface area contributed by atoms with Crippen molar-refractivity contribution >= 4 is 5.91 Å². The number of carbonyl (C=O) groups is 1. The number of halogens is 1. The molecule has 0 unspecified atom stereocenters. The molecule has 2 rings (SSSR count). The highest BCUT2D eigenvalue weighted by molar-refractivity contribution is 5.95. The third-order valence-electron chi connectivity index (χ3n) is 4.23. The number of benzene rings is 1. The molecule has 4 heteroatoms. The van der Waals surface area contributed by atoms with Gasteiger partial charge in [-0.2, -0.15) is 0 Å². The fraction of sp³-hybridized carbons (Fsp3) is 0.588. The van der Waals surface area contributed by atoms with Crippen LogP contribution in [0.15, 0.2) is 18.2 Å². The van der Waals surface area contributed by atoms with Crippen molar-refractivity contribution in [3.05, 3.63) is 35.1 Å². The lowest BCUT2D eigenvalue weighted by Crippen LogP contribution is -2.49. The summed E-state index contributed by atoms with van der Waals surface area (Å²) in [5.74, 6) is -0.601. The summed E-state index contributed by atoms with van der Waals surface area (Å²) in [5.41, 5.74) is 1.02. The van der Waals surface area contributed by atoms with Crippen LogP contribution in [0.4, 0.5) is 4.39 Å². The zero-order valence-corrected chi connectivity index (χ0v) is 13.4. The largest absolute Gasteiger partial charge is 0.333 e. The van der Waals surface area contributed by atoms with Crippen molar-refractivity contribution in [1.29, 1.82) is 0 Å². The van der Waals surface area contributed by atoms with E-state index in [0.29, 0.717) is 0 Å². The van der Waals surface area contributed by atoms with Crippen molar-refractivity contribution in [2.24, 2.45) is 0 Å². The number of hydrogen-bond donors (Lipinski definition) is 0. The second-order valence-electron chi connectivity index (χ2n) is 6.32. The minimum Gasteiger partial charge on any atom is -0.333 e. The molecule has 1 aliphatic rings. The molecule has 0 atom stereocenters. The molecule has 116 valence electrons. The first-order chi connectivity index (χ1) is 9.90. The van der Waals surface area contributed by atoms with Gasteiger partial charge in [0.1, 0.15) is 5.82 Å². The fourth-order valence-corrected chi connectivity index (χ4v) is 3.03. The summed E-state index contributed by atoms with van der Waals surface area (Å²) in [6.07, 6.45) is 1.90. The molecule has 1 saturated heterocycles. The first-order valence-electron chi connectivity index (χ1n) is 7.67. The molecule has 1 amide bonds. The van der Waals surface area contributed by atoms with Gasteiger partial charge in [0.2, 0.25) is 0 Å². The van der Waals surface area contributed by atoms with Gasteiger partial charge in [-0.15, -0.1) is 0 Å². The second kappa shape index (κ2) is 6.56. The molecule has 1 aromatic carbocycles. The van der Waals surface area contributed by atoms with E-state index in [-0.39, 0.29) is 23.6 Å². The highest BCUT2D eigenvalue weighted by atomic mass is 19.1. The molecule has 1 aliphatic heterocycles. The van der Waals surface area contributed by atoms with E-state index in [1.54, 1.807) is 12.1 Å². The topological polar surface area (TPSA) is 23.6 Å². The Morgan fingerprint density at radius 2 is 1.95 bits per heavy atom. The summed E-state index contributed by atoms with van der Waals surface area (Å²) in [4.78, 5) is 16.9. The number of aryl methyl sites for hydroxylation is 1. The van der Waals surface area contributed by atoms with E-state index in [2.05, 4.69) is 11.9 Å². The van der Waals surface area contributed by atoms with Gasteiger partial charge in [0.15, 0.2) is 0 Å². The highest BCUT2D eigenvalue weighted by Crippen LogP contribution is 2.22. The van der Waals surface area contributed by atoms with E-state index in [0.717, 1.165) is 31.5 Å². The number of amides is 1. The lowest BCUT2D eigenvalue weighted by molar-refractivity contribution is 0.0501. The van der Waals surface area contributed by atoms with Crippen LogP contribution in [0.3, 0.4) is 0 Å². The van der Waals surface area contributed by atoms with Gasteiger partial charge in [0, 0.05) is 12.1 Å². The molecule has 1 heterocycles. The second-order valence-corrected chi connectivity index (χ2v) is 6.32. The number of likely N-dealkylation sites (tertiary alicyclic amines) is 1. The summed E-state index contributed by atoms with van der Waals surface area (Å²) in [6, 6.07) is 5.11. The van der Waals surface area contributed by atoms with Gasteiger partial charge < -0.3 is 9.80 Å². The quantitative estimate of drug-likeness (QED) is 0.855. The maximum absolute atomic E-state index is 14.1. The van der Waals surface area contributed by atoms with Gasteiger partial charge in [-0.1, -0.05) is 6.07 Å². The summed E-state index contributed by atoms with van der Waals surface area (Å²) in [5, 5.41) is 0. The van der Waals surface area contributed by atoms with E-state index < -0.39 is 5.82 Å². The Morgan fingerprint density at radius 1 is 1.33 bits per heavy atom. The zero-order chi connectivity index (χ0) is 15.6. The Bertz CT molecular complexity index is 508. The van der Waals surface area contributed by atoms with Gasteiger partial charge in [-0.3, -0.25) is 4.79 Å². The standard InChI is InChI=1S/C17H25FN2O/c1-12(2)20(14-7-9-19(4)10-8-14)17(21)15-6-5-13(3)11-16(15)18/h5-6,11-12,14H,7-10H2,1-4H3. The van der Waals surface area contributed by atoms with Crippen LogP contribution in [0, 0.1) is 12.7 Å². The molecule has 0 saturated carbocycles. The molecular weight excluding hydrogens is 267 g/mol. The van der Waals surface area contributed by atoms with Crippen LogP contribution in [0.5, 0.6) is 0 Å². The molecule has 0 bridgehead atoms. The van der Waals surface area contributed by atoms with Gasteiger partial charge in [0.05, 0.1) is 5.56 Å².